The lowest BCUT2D eigenvalue weighted by Gasteiger charge is -2.06. The van der Waals surface area contributed by atoms with E-state index in [2.05, 4.69) is 12.2 Å². The maximum Gasteiger partial charge on any atom is 0.219 e. The summed E-state index contributed by atoms with van der Waals surface area (Å²) < 4.78 is 5.28. The van der Waals surface area contributed by atoms with E-state index in [1.807, 2.05) is 0 Å². The molecule has 0 aliphatic heterocycles. The molecule has 0 fully saturated rings. The summed E-state index contributed by atoms with van der Waals surface area (Å²) in [5.41, 5.74) is 0. The molecule has 0 atom stereocenters. The van der Waals surface area contributed by atoms with Gasteiger partial charge in [-0.1, -0.05) is 39.0 Å². The van der Waals surface area contributed by atoms with Crippen molar-refractivity contribution in [3.05, 3.63) is 0 Å². The van der Waals surface area contributed by atoms with Crippen LogP contribution < -0.4 is 5.32 Å². The van der Waals surface area contributed by atoms with Gasteiger partial charge in [-0.3, -0.25) is 4.79 Å². The number of hydrogen-bond donors (Lipinski definition) is 2. The highest BCUT2D eigenvalue weighted by Gasteiger charge is 2.00. The van der Waals surface area contributed by atoms with Gasteiger partial charge in [-0.05, 0) is 19.3 Å². The summed E-state index contributed by atoms with van der Waals surface area (Å²) in [6.45, 7) is 4.32. The van der Waals surface area contributed by atoms with Gasteiger partial charge >= 0.3 is 0 Å². The Kier molecular flexibility index (Phi) is 15.0. The largest absolute Gasteiger partial charge is 0.396 e. The van der Waals surface area contributed by atoms with Crippen molar-refractivity contribution in [2.75, 3.05) is 26.4 Å². The van der Waals surface area contributed by atoms with Crippen LogP contribution in [0.1, 0.15) is 64.7 Å². The highest BCUT2D eigenvalue weighted by molar-refractivity contribution is 5.75. The Labute approximate surface area is 117 Å². The van der Waals surface area contributed by atoms with Crippen LogP contribution in [-0.4, -0.2) is 37.4 Å². The van der Waals surface area contributed by atoms with Crippen LogP contribution in [0.2, 0.25) is 0 Å². The molecule has 0 bridgehead atoms. The molecule has 114 valence electrons. The maximum atomic E-state index is 11.5. The summed E-state index contributed by atoms with van der Waals surface area (Å²) in [6, 6.07) is 0. The third-order valence-corrected chi connectivity index (χ3v) is 2.99. The zero-order valence-corrected chi connectivity index (χ0v) is 12.5. The number of amides is 1. The molecule has 0 aromatic heterocycles. The van der Waals surface area contributed by atoms with E-state index in [1.54, 1.807) is 0 Å². The number of carbonyl (C=O) groups excluding carboxylic acids is 1. The van der Waals surface area contributed by atoms with Crippen LogP contribution >= 0.6 is 0 Å². The van der Waals surface area contributed by atoms with Crippen molar-refractivity contribution in [1.82, 2.24) is 5.32 Å². The smallest absolute Gasteiger partial charge is 0.219 e. The summed E-state index contributed by atoms with van der Waals surface area (Å²) in [5.74, 6) is 0.158. The van der Waals surface area contributed by atoms with Crippen molar-refractivity contribution in [2.45, 2.75) is 64.7 Å². The van der Waals surface area contributed by atoms with Crippen LogP contribution in [0.15, 0.2) is 0 Å². The molecule has 1 amide bonds. The molecule has 0 saturated heterocycles. The molecular weight excluding hydrogens is 242 g/mol. The molecule has 0 rings (SSSR count). The van der Waals surface area contributed by atoms with Crippen molar-refractivity contribution in [3.8, 4) is 0 Å². The second-order valence-electron chi connectivity index (χ2n) is 4.91. The van der Waals surface area contributed by atoms with E-state index in [1.165, 1.54) is 25.7 Å². The molecule has 2 N–H and O–H groups in total. The lowest BCUT2D eigenvalue weighted by atomic mass is 10.1. The number of aliphatic hydroxyl groups is 1. The van der Waals surface area contributed by atoms with Gasteiger partial charge in [0, 0.05) is 32.8 Å². The first-order chi connectivity index (χ1) is 9.31. The summed E-state index contributed by atoms with van der Waals surface area (Å²) in [4.78, 5) is 11.5. The Bertz CT molecular complexity index is 198. The van der Waals surface area contributed by atoms with Crippen molar-refractivity contribution < 1.29 is 14.6 Å². The van der Waals surface area contributed by atoms with Gasteiger partial charge in [0.2, 0.25) is 5.91 Å². The van der Waals surface area contributed by atoms with Crippen molar-refractivity contribution in [3.63, 3.8) is 0 Å². The van der Waals surface area contributed by atoms with E-state index < -0.39 is 0 Å². The highest BCUT2D eigenvalue weighted by atomic mass is 16.5. The van der Waals surface area contributed by atoms with Gasteiger partial charge in [-0.2, -0.15) is 0 Å². The number of ether oxygens (including phenoxy) is 1. The zero-order chi connectivity index (χ0) is 14.2. The van der Waals surface area contributed by atoms with E-state index >= 15 is 0 Å². The Morgan fingerprint density at radius 3 is 2.42 bits per heavy atom. The SMILES string of the molecule is CCCCCCCCC(=O)NCCCOCCCO. The minimum atomic E-state index is 0.158. The standard InChI is InChI=1S/C15H31NO3/c1-2-3-4-5-6-7-10-15(18)16-11-8-13-19-14-9-12-17/h17H,2-14H2,1H3,(H,16,18). The molecule has 0 heterocycles. The number of rotatable bonds is 14. The van der Waals surface area contributed by atoms with Crippen molar-refractivity contribution in [1.29, 1.82) is 0 Å². The molecule has 4 heteroatoms. The third-order valence-electron chi connectivity index (χ3n) is 2.99. The normalized spacial score (nSPS) is 10.6. The fourth-order valence-corrected chi connectivity index (χ4v) is 1.82. The number of carbonyl (C=O) groups is 1. The maximum absolute atomic E-state index is 11.5. The van der Waals surface area contributed by atoms with E-state index in [9.17, 15) is 4.79 Å². The first kappa shape index (κ1) is 18.4. The van der Waals surface area contributed by atoms with E-state index in [-0.39, 0.29) is 12.5 Å². The average Bonchev–Trinajstić information content (AvgIpc) is 2.41. The van der Waals surface area contributed by atoms with Crippen LogP contribution in [-0.2, 0) is 9.53 Å². The van der Waals surface area contributed by atoms with Gasteiger partial charge in [0.1, 0.15) is 0 Å². The first-order valence-corrected chi connectivity index (χ1v) is 7.76. The topological polar surface area (TPSA) is 58.6 Å². The Balaban J connectivity index is 3.13. The van der Waals surface area contributed by atoms with E-state index in [0.29, 0.717) is 32.6 Å². The molecule has 0 aromatic carbocycles. The molecule has 19 heavy (non-hydrogen) atoms. The van der Waals surface area contributed by atoms with Gasteiger partial charge < -0.3 is 15.2 Å². The highest BCUT2D eigenvalue weighted by Crippen LogP contribution is 2.06. The fourth-order valence-electron chi connectivity index (χ4n) is 1.82. The third kappa shape index (κ3) is 15.3. The zero-order valence-electron chi connectivity index (χ0n) is 12.5. The summed E-state index contributed by atoms with van der Waals surface area (Å²) in [7, 11) is 0. The van der Waals surface area contributed by atoms with Crippen molar-refractivity contribution in [2.24, 2.45) is 0 Å². The van der Waals surface area contributed by atoms with Crippen LogP contribution in [0.5, 0.6) is 0 Å². The van der Waals surface area contributed by atoms with Crippen LogP contribution in [0.4, 0.5) is 0 Å². The summed E-state index contributed by atoms with van der Waals surface area (Å²) in [6.07, 6.45) is 9.46. The lowest BCUT2D eigenvalue weighted by molar-refractivity contribution is -0.121. The Morgan fingerprint density at radius 2 is 1.68 bits per heavy atom. The first-order valence-electron chi connectivity index (χ1n) is 7.76. The quantitative estimate of drug-likeness (QED) is 0.478. The molecular formula is C15H31NO3. The molecule has 0 saturated carbocycles. The minimum absolute atomic E-state index is 0.158. The predicted molar refractivity (Wildman–Crippen MR) is 78.1 cm³/mol. The van der Waals surface area contributed by atoms with Gasteiger partial charge in [-0.15, -0.1) is 0 Å². The molecule has 0 unspecified atom stereocenters. The fraction of sp³-hybridized carbons (Fsp3) is 0.933. The number of hydrogen-bond acceptors (Lipinski definition) is 3. The van der Waals surface area contributed by atoms with Crippen molar-refractivity contribution >= 4 is 5.91 Å². The van der Waals surface area contributed by atoms with E-state index in [0.717, 1.165) is 19.3 Å². The minimum Gasteiger partial charge on any atom is -0.396 e. The molecule has 0 radical (unpaired) electrons. The molecule has 0 aliphatic carbocycles. The molecule has 0 spiro atoms. The predicted octanol–water partition coefficient (Wildman–Crippen LogP) is 2.64. The summed E-state index contributed by atoms with van der Waals surface area (Å²) >= 11 is 0. The Hall–Kier alpha value is -0.610. The van der Waals surface area contributed by atoms with Crippen LogP contribution in [0.25, 0.3) is 0 Å². The van der Waals surface area contributed by atoms with Gasteiger partial charge in [0.15, 0.2) is 0 Å². The molecule has 4 nitrogen and oxygen atoms in total. The van der Waals surface area contributed by atoms with Crippen LogP contribution in [0, 0.1) is 0 Å². The monoisotopic (exact) mass is 273 g/mol. The van der Waals surface area contributed by atoms with Gasteiger partial charge in [0.25, 0.3) is 0 Å². The van der Waals surface area contributed by atoms with Gasteiger partial charge in [0.05, 0.1) is 0 Å². The number of aliphatic hydroxyl groups excluding tert-OH is 1. The molecule has 0 aromatic rings. The van der Waals surface area contributed by atoms with Gasteiger partial charge in [-0.25, -0.2) is 0 Å². The summed E-state index contributed by atoms with van der Waals surface area (Å²) in [5, 5.41) is 11.5. The Morgan fingerprint density at radius 1 is 1.00 bits per heavy atom. The average molecular weight is 273 g/mol. The number of nitrogens with one attached hydrogen (secondary N) is 1. The second-order valence-corrected chi connectivity index (χ2v) is 4.91. The van der Waals surface area contributed by atoms with Crippen LogP contribution in [0.3, 0.4) is 0 Å². The number of unbranched alkanes of at least 4 members (excludes halogenated alkanes) is 5. The van der Waals surface area contributed by atoms with E-state index in [4.69, 9.17) is 9.84 Å². The second kappa shape index (κ2) is 15.4. The molecule has 0 aliphatic rings. The lowest BCUT2D eigenvalue weighted by Crippen LogP contribution is -2.24.